The Hall–Kier alpha value is -2.76. The third-order valence-corrected chi connectivity index (χ3v) is 3.31. The fraction of sp³-hybridized carbons (Fsp3) is 0.294. The Morgan fingerprint density at radius 3 is 2.65 bits per heavy atom. The van der Waals surface area contributed by atoms with Crippen LogP contribution in [-0.2, 0) is 13.1 Å². The van der Waals surface area contributed by atoms with Crippen LogP contribution >= 0.6 is 0 Å². The van der Waals surface area contributed by atoms with Crippen LogP contribution in [0.25, 0.3) is 0 Å². The van der Waals surface area contributed by atoms with E-state index >= 15 is 0 Å². The molecule has 2 aromatic rings. The highest BCUT2D eigenvalue weighted by Gasteiger charge is 2.05. The molecule has 0 fully saturated rings. The summed E-state index contributed by atoms with van der Waals surface area (Å²) in [6.07, 6.45) is 1.71. The number of pyridine rings is 1. The van der Waals surface area contributed by atoms with Crippen LogP contribution in [0.2, 0.25) is 0 Å². The van der Waals surface area contributed by atoms with Gasteiger partial charge < -0.3 is 20.1 Å². The molecule has 1 aromatic carbocycles. The monoisotopic (exact) mass is 314 g/mol. The van der Waals surface area contributed by atoms with Crippen LogP contribution in [0.4, 0.5) is 0 Å². The van der Waals surface area contributed by atoms with Crippen molar-refractivity contribution in [3.05, 3.63) is 53.7 Å². The van der Waals surface area contributed by atoms with Crippen molar-refractivity contribution in [2.45, 2.75) is 13.1 Å². The normalized spacial score (nSPS) is 11.0. The summed E-state index contributed by atoms with van der Waals surface area (Å²) in [5.74, 6) is 2.16. The van der Waals surface area contributed by atoms with Crippen molar-refractivity contribution in [3.63, 3.8) is 0 Å². The maximum Gasteiger partial charge on any atom is 0.218 e. The van der Waals surface area contributed by atoms with Gasteiger partial charge in [0.15, 0.2) is 5.96 Å². The number of hydrogen-bond donors (Lipinski definition) is 2. The van der Waals surface area contributed by atoms with Crippen LogP contribution in [0.15, 0.2) is 47.6 Å². The van der Waals surface area contributed by atoms with Crippen LogP contribution in [0, 0.1) is 0 Å². The Morgan fingerprint density at radius 2 is 1.91 bits per heavy atom. The van der Waals surface area contributed by atoms with E-state index in [1.165, 1.54) is 0 Å². The van der Waals surface area contributed by atoms with E-state index < -0.39 is 0 Å². The molecule has 0 saturated carbocycles. The van der Waals surface area contributed by atoms with Gasteiger partial charge in [0.05, 0.1) is 14.2 Å². The second-order valence-electron chi connectivity index (χ2n) is 4.80. The molecule has 1 aromatic heterocycles. The summed E-state index contributed by atoms with van der Waals surface area (Å²) < 4.78 is 10.5. The molecule has 2 N–H and O–H groups in total. The third-order valence-electron chi connectivity index (χ3n) is 3.31. The second kappa shape index (κ2) is 8.63. The number of rotatable bonds is 6. The predicted molar refractivity (Wildman–Crippen MR) is 90.8 cm³/mol. The SMILES string of the molecule is CN=C(NCc1cccc(OC)c1)NCc1cccnc1OC. The maximum atomic E-state index is 5.24. The fourth-order valence-electron chi connectivity index (χ4n) is 2.11. The summed E-state index contributed by atoms with van der Waals surface area (Å²) in [6.45, 7) is 1.23. The van der Waals surface area contributed by atoms with Crippen LogP contribution in [-0.4, -0.2) is 32.2 Å². The Balaban J connectivity index is 1.90. The predicted octanol–water partition coefficient (Wildman–Crippen LogP) is 1.96. The number of nitrogens with one attached hydrogen (secondary N) is 2. The topological polar surface area (TPSA) is 67.8 Å². The van der Waals surface area contributed by atoms with E-state index in [1.807, 2.05) is 36.4 Å². The zero-order chi connectivity index (χ0) is 16.5. The molecule has 0 amide bonds. The van der Waals surface area contributed by atoms with E-state index in [-0.39, 0.29) is 0 Å². The molecule has 23 heavy (non-hydrogen) atoms. The van der Waals surface area contributed by atoms with Gasteiger partial charge in [-0.05, 0) is 23.8 Å². The zero-order valence-electron chi connectivity index (χ0n) is 13.7. The molecule has 0 aliphatic carbocycles. The van der Waals surface area contributed by atoms with Crippen LogP contribution in [0.1, 0.15) is 11.1 Å². The lowest BCUT2D eigenvalue weighted by Gasteiger charge is -2.13. The molecule has 0 radical (unpaired) electrons. The number of aromatic nitrogens is 1. The molecule has 0 aliphatic rings. The highest BCUT2D eigenvalue weighted by molar-refractivity contribution is 5.79. The van der Waals surface area contributed by atoms with Gasteiger partial charge in [0, 0.05) is 31.9 Å². The first-order valence-corrected chi connectivity index (χ1v) is 7.32. The number of hydrogen-bond acceptors (Lipinski definition) is 4. The van der Waals surface area contributed by atoms with Crippen molar-refractivity contribution in [1.29, 1.82) is 0 Å². The van der Waals surface area contributed by atoms with Crippen molar-refractivity contribution in [2.75, 3.05) is 21.3 Å². The average Bonchev–Trinajstić information content (AvgIpc) is 2.62. The smallest absolute Gasteiger partial charge is 0.218 e. The largest absolute Gasteiger partial charge is 0.497 e. The third kappa shape index (κ3) is 4.88. The van der Waals surface area contributed by atoms with Crippen molar-refractivity contribution in [1.82, 2.24) is 15.6 Å². The molecule has 0 unspecified atom stereocenters. The molecular weight excluding hydrogens is 292 g/mol. The molecule has 0 aliphatic heterocycles. The minimum atomic E-state index is 0.578. The van der Waals surface area contributed by atoms with Crippen LogP contribution in [0.5, 0.6) is 11.6 Å². The van der Waals surface area contributed by atoms with E-state index in [0.717, 1.165) is 16.9 Å². The van der Waals surface area contributed by atoms with Crippen LogP contribution < -0.4 is 20.1 Å². The van der Waals surface area contributed by atoms with Gasteiger partial charge in [-0.2, -0.15) is 0 Å². The summed E-state index contributed by atoms with van der Waals surface area (Å²) in [4.78, 5) is 8.40. The molecule has 0 spiro atoms. The van der Waals surface area contributed by atoms with Gasteiger partial charge in [-0.1, -0.05) is 18.2 Å². The number of nitrogens with zero attached hydrogens (tertiary/aromatic N) is 2. The number of guanidine groups is 1. The quantitative estimate of drug-likeness (QED) is 0.630. The maximum absolute atomic E-state index is 5.24. The van der Waals surface area contributed by atoms with Gasteiger partial charge in [-0.3, -0.25) is 4.99 Å². The van der Waals surface area contributed by atoms with E-state index in [2.05, 4.69) is 20.6 Å². The number of ether oxygens (including phenoxy) is 2. The molecular formula is C17H22N4O2. The first-order valence-electron chi connectivity index (χ1n) is 7.32. The van der Waals surface area contributed by atoms with Gasteiger partial charge in [0.2, 0.25) is 5.88 Å². The van der Waals surface area contributed by atoms with Crippen molar-refractivity contribution in [3.8, 4) is 11.6 Å². The molecule has 1 heterocycles. The molecule has 122 valence electrons. The minimum absolute atomic E-state index is 0.578. The van der Waals surface area contributed by atoms with Crippen molar-refractivity contribution in [2.24, 2.45) is 4.99 Å². The summed E-state index contributed by atoms with van der Waals surface area (Å²) in [7, 11) is 5.01. The average molecular weight is 314 g/mol. The fourth-order valence-corrected chi connectivity index (χ4v) is 2.11. The van der Waals surface area contributed by atoms with Crippen molar-refractivity contribution < 1.29 is 9.47 Å². The Morgan fingerprint density at radius 1 is 1.09 bits per heavy atom. The summed E-state index contributed by atoms with van der Waals surface area (Å²) in [5, 5.41) is 6.51. The molecule has 6 heteroatoms. The Bertz CT molecular complexity index is 659. The van der Waals surface area contributed by atoms with E-state index in [0.29, 0.717) is 24.9 Å². The first kappa shape index (κ1) is 16.6. The molecule has 6 nitrogen and oxygen atoms in total. The summed E-state index contributed by atoms with van der Waals surface area (Å²) in [6, 6.07) is 11.8. The van der Waals surface area contributed by atoms with Gasteiger partial charge in [0.1, 0.15) is 5.75 Å². The number of methoxy groups -OCH3 is 2. The minimum Gasteiger partial charge on any atom is -0.497 e. The van der Waals surface area contributed by atoms with Gasteiger partial charge >= 0.3 is 0 Å². The second-order valence-corrected chi connectivity index (χ2v) is 4.80. The van der Waals surface area contributed by atoms with E-state index in [1.54, 1.807) is 27.5 Å². The lowest BCUT2D eigenvalue weighted by Crippen LogP contribution is -2.36. The highest BCUT2D eigenvalue weighted by Crippen LogP contribution is 2.13. The van der Waals surface area contributed by atoms with Gasteiger partial charge in [0.25, 0.3) is 0 Å². The molecule has 0 saturated heterocycles. The Kier molecular flexibility index (Phi) is 6.23. The van der Waals surface area contributed by atoms with Gasteiger partial charge in [-0.25, -0.2) is 4.98 Å². The molecule has 0 bridgehead atoms. The lowest BCUT2D eigenvalue weighted by molar-refractivity contribution is 0.392. The number of aliphatic imine (C=N–C) groups is 1. The standard InChI is InChI=1S/C17H22N4O2/c1-18-17(20-11-13-6-4-8-15(10-13)22-2)21-12-14-7-5-9-19-16(14)23-3/h4-10H,11-12H2,1-3H3,(H2,18,20,21). The van der Waals surface area contributed by atoms with E-state index in [4.69, 9.17) is 9.47 Å². The Labute approximate surface area is 136 Å². The molecule has 0 atom stereocenters. The molecule has 2 rings (SSSR count). The summed E-state index contributed by atoms with van der Waals surface area (Å²) >= 11 is 0. The first-order chi connectivity index (χ1) is 11.3. The number of benzene rings is 1. The zero-order valence-corrected chi connectivity index (χ0v) is 13.7. The van der Waals surface area contributed by atoms with E-state index in [9.17, 15) is 0 Å². The van der Waals surface area contributed by atoms with Gasteiger partial charge in [-0.15, -0.1) is 0 Å². The lowest BCUT2D eigenvalue weighted by atomic mass is 10.2. The van der Waals surface area contributed by atoms with Crippen molar-refractivity contribution >= 4 is 5.96 Å². The highest BCUT2D eigenvalue weighted by atomic mass is 16.5. The van der Waals surface area contributed by atoms with Crippen LogP contribution in [0.3, 0.4) is 0 Å². The summed E-state index contributed by atoms with van der Waals surface area (Å²) in [5.41, 5.74) is 2.09.